The smallest absolute Gasteiger partial charge is 0.244 e. The molecule has 0 aliphatic carbocycles. The standard InChI is InChI=1S/C10H9BrF2N2O/c11-5-3-7(13)9(4-6(5)12)15-2-1-8(14)10(15)16/h3-4,8H,1-2,14H2. The summed E-state index contributed by atoms with van der Waals surface area (Å²) >= 11 is 2.87. The second-order valence-corrected chi connectivity index (χ2v) is 4.46. The Morgan fingerprint density at radius 3 is 2.62 bits per heavy atom. The molecular weight excluding hydrogens is 282 g/mol. The lowest BCUT2D eigenvalue weighted by Gasteiger charge is -2.17. The van der Waals surface area contributed by atoms with Crippen LogP contribution in [0.15, 0.2) is 16.6 Å². The van der Waals surface area contributed by atoms with E-state index in [0.717, 1.165) is 12.1 Å². The Bertz CT molecular complexity index is 453. The number of benzene rings is 1. The molecule has 0 aromatic heterocycles. The molecule has 1 aromatic carbocycles. The quantitative estimate of drug-likeness (QED) is 0.802. The zero-order valence-electron chi connectivity index (χ0n) is 8.21. The highest BCUT2D eigenvalue weighted by Crippen LogP contribution is 2.28. The lowest BCUT2D eigenvalue weighted by Crippen LogP contribution is -2.34. The minimum atomic E-state index is -0.643. The molecule has 6 heteroatoms. The van der Waals surface area contributed by atoms with Gasteiger partial charge in [-0.25, -0.2) is 8.78 Å². The summed E-state index contributed by atoms with van der Waals surface area (Å²) in [5.74, 6) is -1.62. The summed E-state index contributed by atoms with van der Waals surface area (Å²) in [4.78, 5) is 12.7. The molecule has 0 spiro atoms. The van der Waals surface area contributed by atoms with E-state index in [2.05, 4.69) is 15.9 Å². The van der Waals surface area contributed by atoms with Crippen LogP contribution in [-0.2, 0) is 4.79 Å². The summed E-state index contributed by atoms with van der Waals surface area (Å²) in [7, 11) is 0. The molecule has 2 rings (SSSR count). The Morgan fingerprint density at radius 1 is 1.38 bits per heavy atom. The highest BCUT2D eigenvalue weighted by Gasteiger charge is 2.31. The molecule has 0 radical (unpaired) electrons. The number of carbonyl (C=O) groups excluding carboxylic acids is 1. The van der Waals surface area contributed by atoms with Crippen molar-refractivity contribution in [3.8, 4) is 0 Å². The van der Waals surface area contributed by atoms with Gasteiger partial charge in [-0.2, -0.15) is 0 Å². The fourth-order valence-corrected chi connectivity index (χ4v) is 1.98. The van der Waals surface area contributed by atoms with Crippen LogP contribution in [0.5, 0.6) is 0 Å². The molecule has 3 nitrogen and oxygen atoms in total. The van der Waals surface area contributed by atoms with Gasteiger partial charge in [-0.05, 0) is 28.4 Å². The third kappa shape index (κ3) is 1.82. The van der Waals surface area contributed by atoms with Crippen molar-refractivity contribution in [1.29, 1.82) is 0 Å². The molecule has 2 N–H and O–H groups in total. The topological polar surface area (TPSA) is 46.3 Å². The third-order valence-corrected chi connectivity index (χ3v) is 3.14. The normalized spacial score (nSPS) is 20.6. The Morgan fingerprint density at radius 2 is 2.06 bits per heavy atom. The summed E-state index contributed by atoms with van der Waals surface area (Å²) in [6.45, 7) is 0.317. The molecule has 1 aliphatic rings. The van der Waals surface area contributed by atoms with Gasteiger partial charge >= 0.3 is 0 Å². The van der Waals surface area contributed by atoms with E-state index < -0.39 is 17.7 Å². The molecule has 1 aliphatic heterocycles. The molecule has 1 atom stereocenters. The first-order valence-corrected chi connectivity index (χ1v) is 5.51. The number of nitrogens with zero attached hydrogens (tertiary/aromatic N) is 1. The van der Waals surface area contributed by atoms with Crippen LogP contribution < -0.4 is 10.6 Å². The lowest BCUT2D eigenvalue weighted by molar-refractivity contribution is -0.118. The van der Waals surface area contributed by atoms with E-state index >= 15 is 0 Å². The van der Waals surface area contributed by atoms with Gasteiger partial charge in [0, 0.05) is 12.6 Å². The minimum Gasteiger partial charge on any atom is -0.320 e. The molecule has 1 aromatic rings. The summed E-state index contributed by atoms with van der Waals surface area (Å²) < 4.78 is 26.8. The first kappa shape index (κ1) is 11.5. The van der Waals surface area contributed by atoms with Gasteiger partial charge in [-0.15, -0.1) is 0 Å². The zero-order valence-corrected chi connectivity index (χ0v) is 9.80. The van der Waals surface area contributed by atoms with E-state index in [4.69, 9.17) is 5.73 Å². The summed E-state index contributed by atoms with van der Waals surface area (Å²) in [5, 5.41) is 0. The van der Waals surface area contributed by atoms with Crippen molar-refractivity contribution in [2.45, 2.75) is 12.5 Å². The largest absolute Gasteiger partial charge is 0.320 e. The van der Waals surface area contributed by atoms with Gasteiger partial charge < -0.3 is 10.6 Å². The summed E-state index contributed by atoms with van der Waals surface area (Å²) in [5.41, 5.74) is 5.45. The maximum Gasteiger partial charge on any atom is 0.244 e. The third-order valence-electron chi connectivity index (χ3n) is 2.53. The van der Waals surface area contributed by atoms with Crippen molar-refractivity contribution in [2.75, 3.05) is 11.4 Å². The van der Waals surface area contributed by atoms with Gasteiger partial charge in [0.25, 0.3) is 0 Å². The van der Waals surface area contributed by atoms with Gasteiger partial charge in [-0.1, -0.05) is 0 Å². The number of anilines is 1. The van der Waals surface area contributed by atoms with Crippen LogP contribution in [0.25, 0.3) is 0 Å². The van der Waals surface area contributed by atoms with Crippen molar-refractivity contribution in [3.05, 3.63) is 28.2 Å². The number of hydrogen-bond donors (Lipinski definition) is 1. The zero-order chi connectivity index (χ0) is 11.9. The molecule has 0 bridgehead atoms. The number of carbonyl (C=O) groups is 1. The predicted octanol–water partition coefficient (Wildman–Crippen LogP) is 1.79. The SMILES string of the molecule is NC1CCN(c2cc(F)c(Br)cc2F)C1=O. The predicted molar refractivity (Wildman–Crippen MR) is 59.0 cm³/mol. The van der Waals surface area contributed by atoms with E-state index in [0.29, 0.717) is 13.0 Å². The van der Waals surface area contributed by atoms with Crippen LogP contribution in [-0.4, -0.2) is 18.5 Å². The molecule has 0 saturated carbocycles. The fourth-order valence-electron chi connectivity index (χ4n) is 1.66. The van der Waals surface area contributed by atoms with Crippen LogP contribution in [0.4, 0.5) is 14.5 Å². The fraction of sp³-hybridized carbons (Fsp3) is 0.300. The highest BCUT2D eigenvalue weighted by molar-refractivity contribution is 9.10. The monoisotopic (exact) mass is 290 g/mol. The average molecular weight is 291 g/mol. The Hall–Kier alpha value is -1.01. The highest BCUT2D eigenvalue weighted by atomic mass is 79.9. The molecular formula is C10H9BrF2N2O. The van der Waals surface area contributed by atoms with Gasteiger partial charge in [-0.3, -0.25) is 4.79 Å². The van der Waals surface area contributed by atoms with E-state index in [1.165, 1.54) is 4.90 Å². The molecule has 1 saturated heterocycles. The minimum absolute atomic E-state index is 0.0321. The molecule has 16 heavy (non-hydrogen) atoms. The molecule has 1 heterocycles. The first-order chi connectivity index (χ1) is 7.50. The van der Waals surface area contributed by atoms with Crippen LogP contribution in [0, 0.1) is 11.6 Å². The van der Waals surface area contributed by atoms with E-state index in [1.54, 1.807) is 0 Å². The van der Waals surface area contributed by atoms with Gasteiger partial charge in [0.05, 0.1) is 16.2 Å². The van der Waals surface area contributed by atoms with Crippen LogP contribution in [0.3, 0.4) is 0 Å². The lowest BCUT2D eigenvalue weighted by atomic mass is 10.2. The van der Waals surface area contributed by atoms with Gasteiger partial charge in [0.15, 0.2) is 0 Å². The Labute approximate surface area is 99.3 Å². The van der Waals surface area contributed by atoms with Crippen molar-refractivity contribution in [3.63, 3.8) is 0 Å². The molecule has 86 valence electrons. The number of nitrogens with two attached hydrogens (primary N) is 1. The maximum atomic E-state index is 13.6. The van der Waals surface area contributed by atoms with Gasteiger partial charge in [0.1, 0.15) is 11.6 Å². The van der Waals surface area contributed by atoms with Crippen molar-refractivity contribution >= 4 is 27.5 Å². The molecule has 1 amide bonds. The Balaban J connectivity index is 2.41. The maximum absolute atomic E-state index is 13.6. The number of halogens is 3. The average Bonchev–Trinajstić information content (AvgIpc) is 2.54. The van der Waals surface area contributed by atoms with E-state index in [1.807, 2.05) is 0 Å². The van der Waals surface area contributed by atoms with Crippen LogP contribution in [0.1, 0.15) is 6.42 Å². The number of hydrogen-bond acceptors (Lipinski definition) is 2. The second kappa shape index (κ2) is 4.10. The second-order valence-electron chi connectivity index (χ2n) is 3.60. The van der Waals surface area contributed by atoms with E-state index in [9.17, 15) is 13.6 Å². The van der Waals surface area contributed by atoms with Crippen LogP contribution in [0.2, 0.25) is 0 Å². The molecule has 1 fully saturated rings. The summed E-state index contributed by atoms with van der Waals surface area (Å²) in [6.07, 6.45) is 0.454. The Kier molecular flexibility index (Phi) is 2.94. The molecule has 1 unspecified atom stereocenters. The summed E-state index contributed by atoms with van der Waals surface area (Å²) in [6, 6.07) is 1.38. The van der Waals surface area contributed by atoms with Crippen LogP contribution >= 0.6 is 15.9 Å². The number of amides is 1. The van der Waals surface area contributed by atoms with E-state index in [-0.39, 0.29) is 16.1 Å². The first-order valence-electron chi connectivity index (χ1n) is 4.72. The number of rotatable bonds is 1. The van der Waals surface area contributed by atoms with Crippen molar-refractivity contribution < 1.29 is 13.6 Å². The van der Waals surface area contributed by atoms with Crippen molar-refractivity contribution in [2.24, 2.45) is 5.73 Å². The van der Waals surface area contributed by atoms with Crippen molar-refractivity contribution in [1.82, 2.24) is 0 Å². The van der Waals surface area contributed by atoms with Gasteiger partial charge in [0.2, 0.25) is 5.91 Å².